The van der Waals surface area contributed by atoms with Gasteiger partial charge in [-0.3, -0.25) is 0 Å². The number of benzene rings is 4. The molecular formula is C32H35N2+. The Morgan fingerprint density at radius 3 is 2.50 bits per heavy atom. The van der Waals surface area contributed by atoms with Crippen molar-refractivity contribution in [2.45, 2.75) is 34.6 Å². The second-order valence-corrected chi connectivity index (χ2v) is 9.06. The van der Waals surface area contributed by atoms with Gasteiger partial charge in [0.05, 0.1) is 11.8 Å². The van der Waals surface area contributed by atoms with Crippen molar-refractivity contribution in [3.63, 3.8) is 0 Å². The van der Waals surface area contributed by atoms with Crippen LogP contribution in [0.3, 0.4) is 0 Å². The van der Waals surface area contributed by atoms with E-state index in [1.54, 1.807) is 0 Å². The molecule has 0 aromatic heterocycles. The molecule has 0 fully saturated rings. The van der Waals surface area contributed by atoms with E-state index in [4.69, 9.17) is 0 Å². The minimum Gasteiger partial charge on any atom is -0.348 e. The smallest absolute Gasteiger partial charge is 0.216 e. The molecule has 0 aliphatic carbocycles. The molecule has 2 nitrogen and oxygen atoms in total. The highest BCUT2D eigenvalue weighted by atomic mass is 15.1. The van der Waals surface area contributed by atoms with Crippen molar-refractivity contribution in [2.75, 3.05) is 19.0 Å². The third-order valence-corrected chi connectivity index (χ3v) is 7.11. The van der Waals surface area contributed by atoms with Crippen LogP contribution in [0.2, 0.25) is 0 Å². The monoisotopic (exact) mass is 447 g/mol. The summed E-state index contributed by atoms with van der Waals surface area (Å²) in [6, 6.07) is 24.5. The van der Waals surface area contributed by atoms with E-state index in [0.29, 0.717) is 0 Å². The minimum atomic E-state index is 0. The SMILES string of the molecule is C.C.Cc1ccc2c3c(ccc2c1)N(C)C(=CC=CC1=[N+](C)c2c(ccc4ccccc24)C1)C3. The first-order valence-corrected chi connectivity index (χ1v) is 11.3. The van der Waals surface area contributed by atoms with E-state index in [2.05, 4.69) is 115 Å². The number of likely N-dealkylation sites (N-methyl/N-ethyl adjacent to an activating group) is 1. The lowest BCUT2D eigenvalue weighted by atomic mass is 10.00. The average Bonchev–Trinajstić information content (AvgIpc) is 3.30. The van der Waals surface area contributed by atoms with Crippen LogP contribution < -0.4 is 4.90 Å². The second kappa shape index (κ2) is 8.95. The lowest BCUT2D eigenvalue weighted by Crippen LogP contribution is -2.10. The molecule has 0 radical (unpaired) electrons. The molecule has 0 saturated heterocycles. The Morgan fingerprint density at radius 2 is 1.65 bits per heavy atom. The number of hydrogen-bond donors (Lipinski definition) is 0. The summed E-state index contributed by atoms with van der Waals surface area (Å²) in [5.41, 5.74) is 9.52. The Kier molecular flexibility index (Phi) is 6.18. The average molecular weight is 448 g/mol. The highest BCUT2D eigenvalue weighted by Gasteiger charge is 2.27. The summed E-state index contributed by atoms with van der Waals surface area (Å²) in [6.45, 7) is 2.16. The van der Waals surface area contributed by atoms with Gasteiger partial charge in [-0.1, -0.05) is 81.1 Å². The van der Waals surface area contributed by atoms with Crippen LogP contribution in [-0.4, -0.2) is 24.4 Å². The molecule has 2 aliphatic rings. The first-order valence-electron chi connectivity index (χ1n) is 11.3. The third kappa shape index (κ3) is 3.64. The summed E-state index contributed by atoms with van der Waals surface area (Å²) in [5, 5.41) is 5.35. The number of rotatable bonds is 2. The minimum absolute atomic E-state index is 0. The molecule has 172 valence electrons. The maximum Gasteiger partial charge on any atom is 0.216 e. The second-order valence-electron chi connectivity index (χ2n) is 9.06. The van der Waals surface area contributed by atoms with Crippen molar-refractivity contribution >= 4 is 38.6 Å². The fraction of sp³-hybridized carbons (Fsp3) is 0.219. The lowest BCUT2D eigenvalue weighted by Gasteiger charge is -2.14. The molecule has 6 rings (SSSR count). The molecule has 2 aliphatic heterocycles. The van der Waals surface area contributed by atoms with Crippen molar-refractivity contribution in [3.8, 4) is 0 Å². The van der Waals surface area contributed by atoms with Crippen molar-refractivity contribution in [1.82, 2.24) is 0 Å². The molecule has 34 heavy (non-hydrogen) atoms. The van der Waals surface area contributed by atoms with Crippen LogP contribution in [0.4, 0.5) is 11.4 Å². The van der Waals surface area contributed by atoms with Gasteiger partial charge in [-0.05, 0) is 46.9 Å². The molecular weight excluding hydrogens is 412 g/mol. The van der Waals surface area contributed by atoms with Gasteiger partial charge in [0.1, 0.15) is 7.05 Å². The first kappa shape index (κ1) is 23.5. The molecule has 4 aromatic carbocycles. The quantitative estimate of drug-likeness (QED) is 0.282. The van der Waals surface area contributed by atoms with Gasteiger partial charge in [0, 0.05) is 36.5 Å². The molecule has 0 unspecified atom stereocenters. The molecule has 0 saturated carbocycles. The molecule has 0 bridgehead atoms. The normalized spacial score (nSPS) is 15.7. The Bertz CT molecular complexity index is 1500. The summed E-state index contributed by atoms with van der Waals surface area (Å²) in [4.78, 5) is 2.34. The van der Waals surface area contributed by atoms with Gasteiger partial charge < -0.3 is 4.90 Å². The lowest BCUT2D eigenvalue weighted by molar-refractivity contribution is -0.399. The third-order valence-electron chi connectivity index (χ3n) is 7.11. The van der Waals surface area contributed by atoms with Gasteiger partial charge in [-0.2, -0.15) is 4.58 Å². The van der Waals surface area contributed by atoms with Crippen LogP contribution in [0.5, 0.6) is 0 Å². The predicted molar refractivity (Wildman–Crippen MR) is 150 cm³/mol. The van der Waals surface area contributed by atoms with Gasteiger partial charge in [0.25, 0.3) is 0 Å². The van der Waals surface area contributed by atoms with Crippen LogP contribution in [0.1, 0.15) is 31.5 Å². The van der Waals surface area contributed by atoms with Gasteiger partial charge in [0.15, 0.2) is 5.71 Å². The summed E-state index contributed by atoms with van der Waals surface area (Å²) < 4.78 is 2.36. The van der Waals surface area contributed by atoms with E-state index >= 15 is 0 Å². The number of anilines is 1. The highest BCUT2D eigenvalue weighted by Crippen LogP contribution is 2.38. The van der Waals surface area contributed by atoms with Crippen LogP contribution in [0.15, 0.2) is 90.7 Å². The molecule has 4 aromatic rings. The topological polar surface area (TPSA) is 6.25 Å². The predicted octanol–water partition coefficient (Wildman–Crippen LogP) is 7.98. The van der Waals surface area contributed by atoms with Crippen LogP contribution in [-0.2, 0) is 12.8 Å². The number of fused-ring (bicyclic) bond motifs is 6. The fourth-order valence-electron chi connectivity index (χ4n) is 5.36. The number of nitrogens with zero attached hydrogens (tertiary/aromatic N) is 2. The maximum atomic E-state index is 2.36. The van der Waals surface area contributed by atoms with E-state index in [1.807, 2.05) is 0 Å². The summed E-state index contributed by atoms with van der Waals surface area (Å²) in [5.74, 6) is 0. The maximum absolute atomic E-state index is 2.36. The molecule has 0 amide bonds. The molecule has 0 spiro atoms. The van der Waals surface area contributed by atoms with E-state index in [1.165, 1.54) is 61.0 Å². The number of allylic oxidation sites excluding steroid dienone is 4. The van der Waals surface area contributed by atoms with Gasteiger partial charge in [-0.15, -0.1) is 0 Å². The zero-order valence-corrected chi connectivity index (χ0v) is 18.9. The molecule has 0 atom stereocenters. The summed E-state index contributed by atoms with van der Waals surface area (Å²) >= 11 is 0. The fourth-order valence-corrected chi connectivity index (χ4v) is 5.36. The first-order chi connectivity index (χ1) is 15.6. The molecule has 0 N–H and O–H groups in total. The van der Waals surface area contributed by atoms with E-state index < -0.39 is 0 Å². The number of aryl methyl sites for hydroxylation is 1. The van der Waals surface area contributed by atoms with Crippen LogP contribution in [0.25, 0.3) is 21.5 Å². The van der Waals surface area contributed by atoms with E-state index in [9.17, 15) is 0 Å². The Balaban J connectivity index is 0.00000137. The molecule has 2 heteroatoms. The molecule has 2 heterocycles. The van der Waals surface area contributed by atoms with Gasteiger partial charge in [0.2, 0.25) is 5.69 Å². The van der Waals surface area contributed by atoms with Gasteiger partial charge in [-0.25, -0.2) is 0 Å². The van der Waals surface area contributed by atoms with Crippen molar-refractivity contribution < 1.29 is 4.58 Å². The van der Waals surface area contributed by atoms with Crippen LogP contribution in [0, 0.1) is 6.92 Å². The Hall–Kier alpha value is -3.65. The zero-order chi connectivity index (χ0) is 21.8. The Morgan fingerprint density at radius 1 is 0.853 bits per heavy atom. The summed E-state index contributed by atoms with van der Waals surface area (Å²) in [6.07, 6.45) is 8.75. The van der Waals surface area contributed by atoms with Crippen molar-refractivity contribution in [3.05, 3.63) is 107 Å². The Labute approximate surface area is 204 Å². The summed E-state index contributed by atoms with van der Waals surface area (Å²) in [7, 11) is 4.37. The van der Waals surface area contributed by atoms with Gasteiger partial charge >= 0.3 is 0 Å². The van der Waals surface area contributed by atoms with Crippen LogP contribution >= 0.6 is 0 Å². The highest BCUT2D eigenvalue weighted by molar-refractivity contribution is 6.02. The van der Waals surface area contributed by atoms with Crippen molar-refractivity contribution in [1.29, 1.82) is 0 Å². The number of hydrogen-bond acceptors (Lipinski definition) is 1. The zero-order valence-electron chi connectivity index (χ0n) is 18.9. The standard InChI is InChI=1S/C30H27N2.2CH4/c1-20-11-15-26-22(17-20)14-16-29-28(26)19-25(31(29)2)9-6-8-24-18-23-13-12-21-7-4-5-10-27(21)30(23)32(24)3;;/h4-17H,18-19H2,1-3H3;2*1H4/q+1;;. The van der Waals surface area contributed by atoms with Crippen molar-refractivity contribution in [2.24, 2.45) is 0 Å². The van der Waals surface area contributed by atoms with E-state index in [-0.39, 0.29) is 14.9 Å². The largest absolute Gasteiger partial charge is 0.348 e. The van der Waals surface area contributed by atoms with E-state index in [0.717, 1.165) is 12.8 Å².